The van der Waals surface area contributed by atoms with Gasteiger partial charge < -0.3 is 4.79 Å². The van der Waals surface area contributed by atoms with Crippen molar-refractivity contribution in [1.29, 1.82) is 0 Å². The van der Waals surface area contributed by atoms with Crippen LogP contribution in [0.5, 0.6) is 0 Å². The zero-order chi connectivity index (χ0) is 9.53. The first-order valence-corrected chi connectivity index (χ1v) is 5.54. The Kier molecular flexibility index (Phi) is 2.01. The van der Waals surface area contributed by atoms with Gasteiger partial charge in [-0.2, -0.15) is 0 Å². The maximum atomic E-state index is 11.1. The van der Waals surface area contributed by atoms with Gasteiger partial charge in [-0.3, -0.25) is 0 Å². The fourth-order valence-electron chi connectivity index (χ4n) is 2.86. The zero-order valence-electron chi connectivity index (χ0n) is 8.81. The molecule has 0 aromatic carbocycles. The highest BCUT2D eigenvalue weighted by Crippen LogP contribution is 2.58. The largest absolute Gasteiger partial charge is 0.303 e. The van der Waals surface area contributed by atoms with E-state index >= 15 is 0 Å². The Morgan fingerprint density at radius 2 is 1.85 bits per heavy atom. The first-order valence-electron chi connectivity index (χ1n) is 5.54. The number of rotatable bonds is 3. The summed E-state index contributed by atoms with van der Waals surface area (Å²) in [6.07, 6.45) is 8.62. The summed E-state index contributed by atoms with van der Waals surface area (Å²) in [6.45, 7) is 4.65. The number of hydrogen-bond donors (Lipinski definition) is 0. The normalized spacial score (nSPS) is 34.5. The third kappa shape index (κ3) is 1.66. The zero-order valence-corrected chi connectivity index (χ0v) is 8.81. The molecule has 0 spiro atoms. The molecule has 1 unspecified atom stereocenters. The minimum atomic E-state index is 0.0957. The van der Waals surface area contributed by atoms with E-state index in [4.69, 9.17) is 0 Å². The van der Waals surface area contributed by atoms with Crippen LogP contribution in [0.25, 0.3) is 0 Å². The Morgan fingerprint density at radius 3 is 2.23 bits per heavy atom. The van der Waals surface area contributed by atoms with Crippen LogP contribution < -0.4 is 0 Å². The van der Waals surface area contributed by atoms with Crippen LogP contribution in [-0.2, 0) is 4.79 Å². The molecule has 2 rings (SSSR count). The summed E-state index contributed by atoms with van der Waals surface area (Å²) < 4.78 is 0. The second kappa shape index (κ2) is 2.83. The molecule has 13 heavy (non-hydrogen) atoms. The van der Waals surface area contributed by atoms with Crippen molar-refractivity contribution in [2.75, 3.05) is 0 Å². The molecule has 1 nitrogen and oxygen atoms in total. The molecular formula is C12H20O. The van der Waals surface area contributed by atoms with E-state index in [0.717, 1.165) is 18.8 Å². The van der Waals surface area contributed by atoms with Gasteiger partial charge in [0.1, 0.15) is 6.29 Å². The van der Waals surface area contributed by atoms with E-state index in [2.05, 4.69) is 13.8 Å². The van der Waals surface area contributed by atoms with Crippen molar-refractivity contribution < 1.29 is 4.79 Å². The predicted molar refractivity (Wildman–Crippen MR) is 53.5 cm³/mol. The fraction of sp³-hybridized carbons (Fsp3) is 0.917. The van der Waals surface area contributed by atoms with Gasteiger partial charge in [0.05, 0.1) is 0 Å². The molecule has 0 bridgehead atoms. The highest BCUT2D eigenvalue weighted by Gasteiger charge is 2.50. The average Bonchev–Trinajstić information content (AvgIpc) is 2.52. The molecule has 0 aliphatic heterocycles. The monoisotopic (exact) mass is 180 g/mol. The van der Waals surface area contributed by atoms with Crippen LogP contribution in [0.15, 0.2) is 0 Å². The summed E-state index contributed by atoms with van der Waals surface area (Å²) in [5.41, 5.74) is 0.636. The Labute approximate surface area is 80.9 Å². The lowest BCUT2D eigenvalue weighted by Crippen LogP contribution is -2.19. The quantitative estimate of drug-likeness (QED) is 0.610. The lowest BCUT2D eigenvalue weighted by molar-refractivity contribution is -0.116. The Morgan fingerprint density at radius 1 is 1.31 bits per heavy atom. The summed E-state index contributed by atoms with van der Waals surface area (Å²) in [4.78, 5) is 11.1. The Balaban J connectivity index is 1.95. The third-order valence-corrected chi connectivity index (χ3v) is 4.22. The molecule has 0 saturated heterocycles. The Bertz CT molecular complexity index is 211. The Hall–Kier alpha value is -0.330. The van der Waals surface area contributed by atoms with Crippen LogP contribution >= 0.6 is 0 Å². The van der Waals surface area contributed by atoms with Crippen molar-refractivity contribution in [1.82, 2.24) is 0 Å². The highest BCUT2D eigenvalue weighted by atomic mass is 16.1. The molecule has 0 aromatic rings. The molecule has 1 atom stereocenters. The first kappa shape index (κ1) is 9.23. The third-order valence-electron chi connectivity index (χ3n) is 4.22. The molecule has 0 amide bonds. The van der Waals surface area contributed by atoms with Crippen molar-refractivity contribution in [2.24, 2.45) is 16.7 Å². The van der Waals surface area contributed by atoms with Crippen LogP contribution in [0.2, 0.25) is 0 Å². The van der Waals surface area contributed by atoms with E-state index in [-0.39, 0.29) is 5.41 Å². The van der Waals surface area contributed by atoms with Crippen molar-refractivity contribution in [3.8, 4) is 0 Å². The van der Waals surface area contributed by atoms with Crippen molar-refractivity contribution in [3.63, 3.8) is 0 Å². The van der Waals surface area contributed by atoms with E-state index in [1.807, 2.05) is 0 Å². The van der Waals surface area contributed by atoms with Crippen molar-refractivity contribution >= 4 is 6.29 Å². The number of carbonyl (C=O) groups excluding carboxylic acids is 1. The van der Waals surface area contributed by atoms with Gasteiger partial charge in [-0.15, -0.1) is 0 Å². The van der Waals surface area contributed by atoms with Crippen LogP contribution in [0.4, 0.5) is 0 Å². The van der Waals surface area contributed by atoms with E-state index in [0.29, 0.717) is 5.41 Å². The van der Waals surface area contributed by atoms with Gasteiger partial charge in [-0.25, -0.2) is 0 Å². The van der Waals surface area contributed by atoms with E-state index < -0.39 is 0 Å². The van der Waals surface area contributed by atoms with Crippen molar-refractivity contribution in [2.45, 2.75) is 52.4 Å². The van der Waals surface area contributed by atoms with Gasteiger partial charge in [0.15, 0.2) is 0 Å². The molecule has 0 radical (unpaired) electrons. The first-order chi connectivity index (χ1) is 6.08. The smallest absolute Gasteiger partial charge is 0.126 e. The van der Waals surface area contributed by atoms with Gasteiger partial charge in [-0.1, -0.05) is 26.7 Å². The lowest BCUT2D eigenvalue weighted by atomic mass is 9.81. The summed E-state index contributed by atoms with van der Waals surface area (Å²) >= 11 is 0. The molecule has 2 saturated carbocycles. The molecular weight excluding hydrogens is 160 g/mol. The molecule has 74 valence electrons. The lowest BCUT2D eigenvalue weighted by Gasteiger charge is -2.22. The van der Waals surface area contributed by atoms with E-state index in [1.165, 1.54) is 32.0 Å². The number of aldehydes is 1. The molecule has 2 aliphatic carbocycles. The van der Waals surface area contributed by atoms with Gasteiger partial charge in [-0.05, 0) is 37.0 Å². The fourth-order valence-corrected chi connectivity index (χ4v) is 2.86. The van der Waals surface area contributed by atoms with Crippen LogP contribution in [-0.4, -0.2) is 6.29 Å². The molecule has 2 fully saturated rings. The van der Waals surface area contributed by atoms with Gasteiger partial charge in [0.2, 0.25) is 0 Å². The van der Waals surface area contributed by atoms with Gasteiger partial charge in [0, 0.05) is 5.41 Å². The maximum Gasteiger partial charge on any atom is 0.126 e. The number of hydrogen-bond acceptors (Lipinski definition) is 1. The maximum absolute atomic E-state index is 11.1. The molecule has 0 heterocycles. The topological polar surface area (TPSA) is 17.1 Å². The van der Waals surface area contributed by atoms with E-state index in [1.54, 1.807) is 0 Å². The van der Waals surface area contributed by atoms with Crippen molar-refractivity contribution in [3.05, 3.63) is 0 Å². The van der Waals surface area contributed by atoms with Gasteiger partial charge >= 0.3 is 0 Å². The SMILES string of the molecule is CC1(C)CC1CC1(C=O)CCCC1. The average molecular weight is 180 g/mol. The van der Waals surface area contributed by atoms with Crippen LogP contribution in [0.1, 0.15) is 52.4 Å². The number of carbonyl (C=O) groups is 1. The standard InChI is InChI=1S/C12H20O/c1-11(2)7-10(11)8-12(9-13)5-3-4-6-12/h9-10H,3-8H2,1-2H3. The summed E-state index contributed by atoms with van der Waals surface area (Å²) in [6, 6.07) is 0. The predicted octanol–water partition coefficient (Wildman–Crippen LogP) is 3.18. The summed E-state index contributed by atoms with van der Waals surface area (Å²) in [5.74, 6) is 0.829. The molecule has 0 N–H and O–H groups in total. The minimum Gasteiger partial charge on any atom is -0.303 e. The van der Waals surface area contributed by atoms with E-state index in [9.17, 15) is 4.79 Å². The molecule has 2 aliphatic rings. The van der Waals surface area contributed by atoms with Crippen LogP contribution in [0, 0.1) is 16.7 Å². The minimum absolute atomic E-state index is 0.0957. The second-order valence-electron chi connectivity index (χ2n) is 5.78. The molecule has 1 heteroatoms. The summed E-state index contributed by atoms with van der Waals surface area (Å²) in [5, 5.41) is 0. The second-order valence-corrected chi connectivity index (χ2v) is 5.78. The van der Waals surface area contributed by atoms with Crippen LogP contribution in [0.3, 0.4) is 0 Å². The van der Waals surface area contributed by atoms with Gasteiger partial charge in [0.25, 0.3) is 0 Å². The highest BCUT2D eigenvalue weighted by molar-refractivity contribution is 5.60. The summed E-state index contributed by atoms with van der Waals surface area (Å²) in [7, 11) is 0. The molecule has 0 aromatic heterocycles.